The Labute approximate surface area is 123 Å². The van der Waals surface area contributed by atoms with Crippen molar-refractivity contribution in [3.63, 3.8) is 0 Å². The number of halogens is 1. The van der Waals surface area contributed by atoms with Gasteiger partial charge in [0, 0.05) is 20.1 Å². The Kier molecular flexibility index (Phi) is 7.77. The van der Waals surface area contributed by atoms with E-state index < -0.39 is 0 Å². The molecule has 19 heavy (non-hydrogen) atoms. The van der Waals surface area contributed by atoms with Gasteiger partial charge in [0.25, 0.3) is 0 Å². The van der Waals surface area contributed by atoms with Gasteiger partial charge in [-0.2, -0.15) is 0 Å². The summed E-state index contributed by atoms with van der Waals surface area (Å²) in [5.74, 6) is 1.46. The minimum atomic E-state index is 0. The van der Waals surface area contributed by atoms with Crippen LogP contribution in [0.4, 0.5) is 0 Å². The Bertz CT molecular complexity index is 261. The molecule has 2 rings (SSSR count). The second-order valence-corrected chi connectivity index (χ2v) is 6.10. The van der Waals surface area contributed by atoms with Crippen LogP contribution in [0.2, 0.25) is 0 Å². The molecule has 4 heteroatoms. The molecule has 0 spiro atoms. The van der Waals surface area contributed by atoms with Crippen LogP contribution in [-0.4, -0.2) is 37.5 Å². The molecule has 0 aromatic rings. The molecule has 1 aliphatic carbocycles. The quantitative estimate of drug-likeness (QED) is 0.863. The van der Waals surface area contributed by atoms with Crippen molar-refractivity contribution in [1.29, 1.82) is 0 Å². The summed E-state index contributed by atoms with van der Waals surface area (Å²) >= 11 is 0. The van der Waals surface area contributed by atoms with Crippen LogP contribution in [0.1, 0.15) is 51.4 Å². The van der Waals surface area contributed by atoms with E-state index in [4.69, 9.17) is 0 Å². The Morgan fingerprint density at radius 3 is 2.53 bits per heavy atom. The van der Waals surface area contributed by atoms with Gasteiger partial charge in [-0.15, -0.1) is 12.4 Å². The van der Waals surface area contributed by atoms with E-state index in [2.05, 4.69) is 5.32 Å². The molecule has 1 atom stereocenters. The molecule has 1 saturated carbocycles. The molecule has 1 saturated heterocycles. The third-order valence-corrected chi connectivity index (χ3v) is 4.62. The first-order chi connectivity index (χ1) is 8.77. The summed E-state index contributed by atoms with van der Waals surface area (Å²) in [6, 6.07) is 0. The van der Waals surface area contributed by atoms with Crippen LogP contribution in [0.5, 0.6) is 0 Å². The summed E-state index contributed by atoms with van der Waals surface area (Å²) < 4.78 is 0. The molecule has 3 nitrogen and oxygen atoms in total. The highest BCUT2D eigenvalue weighted by Gasteiger charge is 2.24. The van der Waals surface area contributed by atoms with Gasteiger partial charge in [-0.25, -0.2) is 0 Å². The smallest absolute Gasteiger partial charge is 0.226 e. The van der Waals surface area contributed by atoms with E-state index in [1.54, 1.807) is 0 Å². The summed E-state index contributed by atoms with van der Waals surface area (Å²) in [6.07, 6.45) is 10.4. The van der Waals surface area contributed by atoms with E-state index in [9.17, 15) is 4.79 Å². The summed E-state index contributed by atoms with van der Waals surface area (Å²) in [4.78, 5) is 14.2. The van der Waals surface area contributed by atoms with E-state index in [0.717, 1.165) is 38.4 Å². The number of piperidine rings is 1. The number of carbonyl (C=O) groups excluding carboxylic acids is 1. The van der Waals surface area contributed by atoms with Gasteiger partial charge in [0.2, 0.25) is 5.91 Å². The monoisotopic (exact) mass is 288 g/mol. The normalized spacial score (nSPS) is 24.6. The van der Waals surface area contributed by atoms with E-state index in [-0.39, 0.29) is 18.3 Å². The molecule has 1 unspecified atom stereocenters. The fourth-order valence-corrected chi connectivity index (χ4v) is 3.34. The third-order valence-electron chi connectivity index (χ3n) is 4.62. The highest BCUT2D eigenvalue weighted by Crippen LogP contribution is 2.26. The number of hydrogen-bond acceptors (Lipinski definition) is 2. The minimum absolute atomic E-state index is 0. The van der Waals surface area contributed by atoms with Gasteiger partial charge in [-0.3, -0.25) is 4.79 Å². The largest absolute Gasteiger partial charge is 0.345 e. The zero-order valence-corrected chi connectivity index (χ0v) is 13.0. The molecule has 112 valence electrons. The maximum atomic E-state index is 12.3. The molecule has 1 amide bonds. The molecular weight excluding hydrogens is 260 g/mol. The Hall–Kier alpha value is -0.280. The predicted molar refractivity (Wildman–Crippen MR) is 81.7 cm³/mol. The van der Waals surface area contributed by atoms with E-state index in [0.29, 0.717) is 5.91 Å². The molecule has 0 aromatic carbocycles. The fourth-order valence-electron chi connectivity index (χ4n) is 3.34. The predicted octanol–water partition coefficient (Wildman–Crippen LogP) is 2.84. The molecule has 0 aromatic heterocycles. The zero-order chi connectivity index (χ0) is 12.8. The van der Waals surface area contributed by atoms with E-state index in [1.165, 1.54) is 38.5 Å². The van der Waals surface area contributed by atoms with Crippen molar-refractivity contribution >= 4 is 18.3 Å². The van der Waals surface area contributed by atoms with Gasteiger partial charge in [0.15, 0.2) is 0 Å². The van der Waals surface area contributed by atoms with Crippen LogP contribution in [0.3, 0.4) is 0 Å². The zero-order valence-electron chi connectivity index (χ0n) is 12.2. The van der Waals surface area contributed by atoms with Gasteiger partial charge in [0.1, 0.15) is 0 Å². The minimum Gasteiger partial charge on any atom is -0.345 e. The van der Waals surface area contributed by atoms with Crippen LogP contribution in [0, 0.1) is 11.8 Å². The lowest BCUT2D eigenvalue weighted by Crippen LogP contribution is -2.42. The van der Waals surface area contributed by atoms with Crippen LogP contribution in [0.25, 0.3) is 0 Å². The summed E-state index contributed by atoms with van der Waals surface area (Å²) in [5, 5.41) is 3.33. The number of nitrogens with zero attached hydrogens (tertiary/aromatic N) is 1. The average Bonchev–Trinajstić information content (AvgIpc) is 2.46. The van der Waals surface area contributed by atoms with Crippen molar-refractivity contribution in [2.75, 3.05) is 26.7 Å². The maximum Gasteiger partial charge on any atom is 0.226 e. The second kappa shape index (κ2) is 8.80. The first-order valence-electron chi connectivity index (χ1n) is 7.73. The highest BCUT2D eigenvalue weighted by atomic mass is 35.5. The lowest BCUT2D eigenvalue weighted by molar-refractivity contribution is -0.134. The standard InChI is InChI=1S/C15H28N2O.ClH/c1-17(11-9-13-6-3-2-4-7-13)15(18)14-8-5-10-16-12-14;/h13-14,16H,2-12H2,1H3;1H. The first-order valence-corrected chi connectivity index (χ1v) is 7.73. The topological polar surface area (TPSA) is 32.3 Å². The summed E-state index contributed by atoms with van der Waals surface area (Å²) in [6.45, 7) is 2.92. The van der Waals surface area contributed by atoms with Gasteiger partial charge in [-0.1, -0.05) is 32.1 Å². The summed E-state index contributed by atoms with van der Waals surface area (Å²) in [5.41, 5.74) is 0. The number of rotatable bonds is 4. The lowest BCUT2D eigenvalue weighted by atomic mass is 9.87. The van der Waals surface area contributed by atoms with Crippen LogP contribution in [-0.2, 0) is 4.79 Å². The third kappa shape index (κ3) is 5.31. The SMILES string of the molecule is CN(CCC1CCCCC1)C(=O)C1CCCNC1.Cl. The molecule has 0 bridgehead atoms. The molecule has 1 N–H and O–H groups in total. The van der Waals surface area contributed by atoms with Gasteiger partial charge in [-0.05, 0) is 31.7 Å². The van der Waals surface area contributed by atoms with Crippen LogP contribution in [0.15, 0.2) is 0 Å². The number of nitrogens with one attached hydrogen (secondary N) is 1. The molecule has 2 fully saturated rings. The van der Waals surface area contributed by atoms with Crippen molar-refractivity contribution in [3.05, 3.63) is 0 Å². The second-order valence-electron chi connectivity index (χ2n) is 6.10. The van der Waals surface area contributed by atoms with Gasteiger partial charge >= 0.3 is 0 Å². The average molecular weight is 289 g/mol. The van der Waals surface area contributed by atoms with Gasteiger partial charge < -0.3 is 10.2 Å². The molecule has 2 aliphatic rings. The van der Waals surface area contributed by atoms with Crippen molar-refractivity contribution < 1.29 is 4.79 Å². The van der Waals surface area contributed by atoms with Crippen molar-refractivity contribution in [2.45, 2.75) is 51.4 Å². The van der Waals surface area contributed by atoms with Crippen LogP contribution >= 0.6 is 12.4 Å². The Morgan fingerprint density at radius 1 is 1.16 bits per heavy atom. The maximum absolute atomic E-state index is 12.3. The number of hydrogen-bond donors (Lipinski definition) is 1. The highest BCUT2D eigenvalue weighted by molar-refractivity contribution is 5.85. The van der Waals surface area contributed by atoms with Crippen molar-refractivity contribution in [2.24, 2.45) is 11.8 Å². The van der Waals surface area contributed by atoms with E-state index in [1.807, 2.05) is 11.9 Å². The first kappa shape index (κ1) is 16.8. The van der Waals surface area contributed by atoms with Crippen molar-refractivity contribution in [3.8, 4) is 0 Å². The number of amides is 1. The Balaban J connectivity index is 0.00000180. The van der Waals surface area contributed by atoms with Gasteiger partial charge in [0.05, 0.1) is 5.92 Å². The molecular formula is C15H29ClN2O. The Morgan fingerprint density at radius 2 is 1.89 bits per heavy atom. The van der Waals surface area contributed by atoms with Crippen molar-refractivity contribution in [1.82, 2.24) is 10.2 Å². The molecule has 1 heterocycles. The molecule has 1 aliphatic heterocycles. The summed E-state index contributed by atoms with van der Waals surface area (Å²) in [7, 11) is 1.99. The molecule has 0 radical (unpaired) electrons. The lowest BCUT2D eigenvalue weighted by Gasteiger charge is -2.29. The fraction of sp³-hybridized carbons (Fsp3) is 0.933. The van der Waals surface area contributed by atoms with Crippen LogP contribution < -0.4 is 5.32 Å². The number of carbonyl (C=O) groups is 1. The van der Waals surface area contributed by atoms with E-state index >= 15 is 0 Å².